The maximum absolute atomic E-state index is 13.5. The second kappa shape index (κ2) is 50.3. The molecule has 1 amide bonds. The third-order valence-corrected chi connectivity index (χ3v) is 13.7. The van der Waals surface area contributed by atoms with Crippen molar-refractivity contribution in [3.05, 3.63) is 60.8 Å². The number of nitrogens with one attached hydrogen (secondary N) is 1. The van der Waals surface area contributed by atoms with E-state index in [2.05, 4.69) is 74.7 Å². The minimum atomic E-state index is -4.45. The maximum Gasteiger partial charge on any atom is 0.472 e. The van der Waals surface area contributed by atoms with Gasteiger partial charge in [-0.05, 0) is 76.7 Å². The van der Waals surface area contributed by atoms with Crippen LogP contribution in [0.5, 0.6) is 0 Å². The Kier molecular flexibility index (Phi) is 48.6. The zero-order valence-corrected chi connectivity index (χ0v) is 47.4. The van der Waals surface area contributed by atoms with Gasteiger partial charge in [0.25, 0.3) is 0 Å². The molecule has 0 radical (unpaired) electrons. The van der Waals surface area contributed by atoms with E-state index in [4.69, 9.17) is 13.8 Å². The van der Waals surface area contributed by atoms with Gasteiger partial charge in [-0.1, -0.05) is 230 Å². The van der Waals surface area contributed by atoms with Crippen molar-refractivity contribution < 1.29 is 37.3 Å². The minimum Gasteiger partial charge on any atom is -0.456 e. The highest BCUT2D eigenvalue weighted by atomic mass is 31.2. The summed E-state index contributed by atoms with van der Waals surface area (Å²) in [5.41, 5.74) is 0. The molecule has 3 atom stereocenters. The van der Waals surface area contributed by atoms with Gasteiger partial charge in [-0.2, -0.15) is 0 Å². The predicted molar refractivity (Wildman–Crippen MR) is 300 cm³/mol. The Bertz CT molecular complexity index is 1390. The Hall–Kier alpha value is -2.29. The van der Waals surface area contributed by atoms with E-state index in [0.717, 1.165) is 83.5 Å². The Labute approximate surface area is 432 Å². The number of hydrogen-bond donors (Lipinski definition) is 2. The second-order valence-electron chi connectivity index (χ2n) is 20.8. The van der Waals surface area contributed by atoms with Gasteiger partial charge < -0.3 is 19.4 Å². The maximum atomic E-state index is 13.5. The summed E-state index contributed by atoms with van der Waals surface area (Å²) in [6.07, 6.45) is 62.2. The summed E-state index contributed by atoms with van der Waals surface area (Å²) in [6, 6.07) is -0.859. The molecule has 0 saturated heterocycles. The molecule has 0 heterocycles. The number of phosphoric ester groups is 1. The molecule has 70 heavy (non-hydrogen) atoms. The zero-order valence-electron chi connectivity index (χ0n) is 46.5. The number of likely N-dealkylation sites (N-methyl/N-ethyl adjacent to an activating group) is 1. The Balaban J connectivity index is 5.30. The van der Waals surface area contributed by atoms with Crippen LogP contribution in [-0.4, -0.2) is 74.3 Å². The van der Waals surface area contributed by atoms with Gasteiger partial charge >= 0.3 is 13.8 Å². The lowest BCUT2D eigenvalue weighted by Gasteiger charge is -2.27. The van der Waals surface area contributed by atoms with E-state index in [0.29, 0.717) is 17.4 Å². The number of carbonyl (C=O) groups is 2. The molecular weight excluding hydrogens is 892 g/mol. The number of carbonyl (C=O) groups excluding carboxylic acids is 2. The quantitative estimate of drug-likeness (QED) is 0.0156. The fourth-order valence-corrected chi connectivity index (χ4v) is 8.96. The number of nitrogens with zero attached hydrogens (tertiary/aromatic N) is 1. The first kappa shape index (κ1) is 67.7. The van der Waals surface area contributed by atoms with Gasteiger partial charge in [-0.3, -0.25) is 18.6 Å². The molecular formula is C60H112N2O7P+. The lowest BCUT2D eigenvalue weighted by molar-refractivity contribution is -0.870. The molecule has 0 aromatic carbocycles. The number of esters is 1. The first-order chi connectivity index (χ1) is 33.9. The highest BCUT2D eigenvalue weighted by molar-refractivity contribution is 7.47. The monoisotopic (exact) mass is 1000 g/mol. The average molecular weight is 1000 g/mol. The molecule has 0 saturated carbocycles. The van der Waals surface area contributed by atoms with Gasteiger partial charge in [-0.25, -0.2) is 4.57 Å². The normalized spacial score (nSPS) is 14.2. The number of allylic oxidation sites excluding steroid dienone is 9. The van der Waals surface area contributed by atoms with Crippen molar-refractivity contribution in [1.29, 1.82) is 0 Å². The average Bonchev–Trinajstić information content (AvgIpc) is 3.32. The number of unbranched alkanes of at least 4 members (excludes halogenated alkanes) is 30. The summed E-state index contributed by atoms with van der Waals surface area (Å²) in [7, 11) is 1.48. The van der Waals surface area contributed by atoms with E-state index in [1.165, 1.54) is 141 Å². The van der Waals surface area contributed by atoms with Crippen LogP contribution >= 0.6 is 7.82 Å². The summed E-state index contributed by atoms with van der Waals surface area (Å²) in [5.74, 6) is -0.529. The predicted octanol–water partition coefficient (Wildman–Crippen LogP) is 17.5. The Morgan fingerprint density at radius 1 is 0.514 bits per heavy atom. The van der Waals surface area contributed by atoms with Crippen LogP contribution in [0.4, 0.5) is 0 Å². The van der Waals surface area contributed by atoms with Crippen LogP contribution in [-0.2, 0) is 27.9 Å². The highest BCUT2D eigenvalue weighted by Crippen LogP contribution is 2.43. The SMILES string of the molecule is CC/C=C/C=C/C=C\CCCCCCCC(=O)NC(COP(=O)(O)OCC[N+](C)(C)C)C(/C=C\CCCCCCCCCCCC)OC(=O)CCCCCCCCCCC/C=C/CCCCCCCC. The molecule has 9 nitrogen and oxygen atoms in total. The number of amides is 1. The number of quaternary nitrogens is 1. The van der Waals surface area contributed by atoms with Crippen LogP contribution in [0.1, 0.15) is 258 Å². The molecule has 0 rings (SSSR count). The molecule has 0 bridgehead atoms. The van der Waals surface area contributed by atoms with E-state index < -0.39 is 20.0 Å². The lowest BCUT2D eigenvalue weighted by Crippen LogP contribution is -2.47. The molecule has 0 fully saturated rings. The number of hydrogen-bond acceptors (Lipinski definition) is 6. The summed E-state index contributed by atoms with van der Waals surface area (Å²) in [6.45, 7) is 6.86. The topological polar surface area (TPSA) is 111 Å². The van der Waals surface area contributed by atoms with Crippen LogP contribution in [0.25, 0.3) is 0 Å². The van der Waals surface area contributed by atoms with Crippen molar-refractivity contribution in [2.75, 3.05) is 40.9 Å². The van der Waals surface area contributed by atoms with E-state index in [1.54, 1.807) is 0 Å². The third kappa shape index (κ3) is 50.6. The van der Waals surface area contributed by atoms with Crippen LogP contribution in [0.15, 0.2) is 60.8 Å². The Morgan fingerprint density at radius 2 is 0.929 bits per heavy atom. The second-order valence-corrected chi connectivity index (χ2v) is 22.3. The fourth-order valence-electron chi connectivity index (χ4n) is 8.23. The number of phosphoric acid groups is 1. The molecule has 2 N–H and O–H groups in total. The minimum absolute atomic E-state index is 0.0344. The third-order valence-electron chi connectivity index (χ3n) is 12.8. The van der Waals surface area contributed by atoms with Crippen molar-refractivity contribution >= 4 is 19.7 Å². The largest absolute Gasteiger partial charge is 0.472 e. The molecule has 408 valence electrons. The summed E-state index contributed by atoms with van der Waals surface area (Å²) in [5, 5.41) is 3.03. The molecule has 0 aromatic rings. The molecule has 0 aliphatic carbocycles. The molecule has 0 spiro atoms. The highest BCUT2D eigenvalue weighted by Gasteiger charge is 2.30. The van der Waals surface area contributed by atoms with E-state index in [1.807, 2.05) is 33.3 Å². The van der Waals surface area contributed by atoms with E-state index in [-0.39, 0.29) is 31.5 Å². The lowest BCUT2D eigenvalue weighted by atomic mass is 10.0. The van der Waals surface area contributed by atoms with Gasteiger partial charge in [-0.15, -0.1) is 0 Å². The molecule has 0 aliphatic rings. The van der Waals surface area contributed by atoms with Gasteiger partial charge in [0.15, 0.2) is 0 Å². The Morgan fingerprint density at radius 3 is 1.40 bits per heavy atom. The summed E-state index contributed by atoms with van der Waals surface area (Å²) >= 11 is 0. The summed E-state index contributed by atoms with van der Waals surface area (Å²) in [4.78, 5) is 37.6. The van der Waals surface area contributed by atoms with E-state index in [9.17, 15) is 19.0 Å². The first-order valence-corrected chi connectivity index (χ1v) is 30.6. The van der Waals surface area contributed by atoms with Gasteiger partial charge in [0.1, 0.15) is 19.3 Å². The van der Waals surface area contributed by atoms with Crippen LogP contribution < -0.4 is 5.32 Å². The first-order valence-electron chi connectivity index (χ1n) is 29.1. The van der Waals surface area contributed by atoms with Crippen molar-refractivity contribution in [3.8, 4) is 0 Å². The standard InChI is InChI=1S/C60H111N2O7P/c1-7-10-13-16-19-22-25-28-29-30-31-32-33-35-38-41-44-47-50-53-60(64)69-58(51-48-45-42-39-36-27-24-21-18-15-12-9-3)57(56-68-70(65,66)67-55-54-62(4,5)6)61-59(63)52-49-46-43-40-37-34-26-23-20-17-14-11-8-2/h11,14,17,20,23,26,28-29,48,51,57-58H,7-10,12-13,15-16,18-19,21-22,24-25,27,30-47,49-50,52-56H2,1-6H3,(H-,61,63,65,66)/p+1/b14-11+,20-17+,26-23-,29-28+,51-48-. The molecule has 3 unspecified atom stereocenters. The zero-order chi connectivity index (χ0) is 51.5. The van der Waals surface area contributed by atoms with E-state index >= 15 is 0 Å². The van der Waals surface area contributed by atoms with Crippen molar-refractivity contribution in [2.45, 2.75) is 270 Å². The smallest absolute Gasteiger partial charge is 0.456 e. The van der Waals surface area contributed by atoms with Crippen LogP contribution in [0, 0.1) is 0 Å². The fraction of sp³-hybridized carbons (Fsp3) is 0.800. The van der Waals surface area contributed by atoms with Gasteiger partial charge in [0.2, 0.25) is 5.91 Å². The molecule has 0 aromatic heterocycles. The van der Waals surface area contributed by atoms with Crippen molar-refractivity contribution in [2.24, 2.45) is 0 Å². The van der Waals surface area contributed by atoms with Gasteiger partial charge in [0, 0.05) is 12.8 Å². The number of rotatable bonds is 52. The van der Waals surface area contributed by atoms with Crippen molar-refractivity contribution in [1.82, 2.24) is 5.32 Å². The van der Waals surface area contributed by atoms with Crippen LogP contribution in [0.2, 0.25) is 0 Å². The van der Waals surface area contributed by atoms with Crippen LogP contribution in [0.3, 0.4) is 0 Å². The molecule has 0 aliphatic heterocycles. The van der Waals surface area contributed by atoms with Crippen molar-refractivity contribution in [3.63, 3.8) is 0 Å². The molecule has 10 heteroatoms. The van der Waals surface area contributed by atoms with Gasteiger partial charge in [0.05, 0.1) is 33.8 Å². The summed E-state index contributed by atoms with van der Waals surface area (Å²) < 4.78 is 30.6. The number of ether oxygens (including phenoxy) is 1.